The van der Waals surface area contributed by atoms with E-state index in [9.17, 15) is 0 Å². The zero-order valence-electron chi connectivity index (χ0n) is 15.6. The molecule has 0 fully saturated rings. The monoisotopic (exact) mass is 322 g/mol. The molecule has 1 aromatic rings. The number of hydrogen-bond donors (Lipinski definition) is 0. The Kier molecular flexibility index (Phi) is 10.1. The summed E-state index contributed by atoms with van der Waals surface area (Å²) in [6.45, 7) is 9.32. The van der Waals surface area contributed by atoms with Crippen LogP contribution < -0.4 is 0 Å². The van der Waals surface area contributed by atoms with Crippen molar-refractivity contribution in [3.05, 3.63) is 35.4 Å². The molecule has 0 unspecified atom stereocenters. The van der Waals surface area contributed by atoms with Crippen LogP contribution in [0.2, 0.25) is 0 Å². The molecule has 0 radical (unpaired) electrons. The van der Waals surface area contributed by atoms with Crippen molar-refractivity contribution in [2.24, 2.45) is 0 Å². The van der Waals surface area contributed by atoms with E-state index in [1.807, 2.05) is 0 Å². The van der Waals surface area contributed by atoms with Crippen LogP contribution in [0.4, 0.5) is 0 Å². The van der Waals surface area contributed by atoms with Gasteiger partial charge < -0.3 is 0 Å². The molecule has 0 bridgehead atoms. The molecule has 0 N–H and O–H groups in total. The topological polar surface area (TPSA) is 0 Å². The van der Waals surface area contributed by atoms with E-state index in [4.69, 9.17) is 0 Å². The Morgan fingerprint density at radius 1 is 0.636 bits per heavy atom. The average molecular weight is 323 g/mol. The number of aryl methyl sites for hydroxylation is 1. The van der Waals surface area contributed by atoms with Gasteiger partial charge in [-0.25, -0.2) is 0 Å². The van der Waals surface area contributed by atoms with Crippen LogP contribution >= 0.6 is 7.26 Å². The Bertz CT molecular complexity index is 358. The van der Waals surface area contributed by atoms with Gasteiger partial charge in [0.2, 0.25) is 0 Å². The predicted octanol–water partition coefficient (Wildman–Crippen LogP) is 6.90. The van der Waals surface area contributed by atoms with E-state index in [2.05, 4.69) is 52.0 Å². The summed E-state index contributed by atoms with van der Waals surface area (Å²) in [6.07, 6.45) is 15.7. The molecule has 0 heterocycles. The zero-order valence-corrected chi connectivity index (χ0v) is 16.6. The minimum absolute atomic E-state index is 1.13. The molecule has 1 rings (SSSR count). The molecular formula is C21H39P. The van der Waals surface area contributed by atoms with Crippen molar-refractivity contribution < 1.29 is 0 Å². The first kappa shape index (κ1) is 19.7. The summed E-state index contributed by atoms with van der Waals surface area (Å²) >= 11 is 0. The maximum absolute atomic E-state index is 2.42. The molecule has 0 nitrogen and oxygen atoms in total. The van der Waals surface area contributed by atoms with Gasteiger partial charge in [-0.1, -0.05) is 0 Å². The van der Waals surface area contributed by atoms with E-state index < -0.39 is 7.26 Å². The molecule has 0 spiro atoms. The Morgan fingerprint density at radius 2 is 1.05 bits per heavy atom. The van der Waals surface area contributed by atoms with E-state index in [0.29, 0.717) is 0 Å². The van der Waals surface area contributed by atoms with Crippen molar-refractivity contribution in [3.63, 3.8) is 0 Å². The first-order valence-corrected chi connectivity index (χ1v) is 12.6. The molecule has 22 heavy (non-hydrogen) atoms. The molecule has 0 saturated carbocycles. The third-order valence-electron chi connectivity index (χ3n) is 5.19. The van der Waals surface area contributed by atoms with Gasteiger partial charge >= 0.3 is 140 Å². The number of hydrogen-bond acceptors (Lipinski definition) is 0. The van der Waals surface area contributed by atoms with Gasteiger partial charge in [-0.2, -0.15) is 0 Å². The fraction of sp³-hybridized carbons (Fsp3) is 0.714. The quantitative estimate of drug-likeness (QED) is 0.367. The van der Waals surface area contributed by atoms with Gasteiger partial charge in [-0.15, -0.1) is 0 Å². The minimum atomic E-state index is -1.13. The molecule has 1 aromatic carbocycles. The van der Waals surface area contributed by atoms with Gasteiger partial charge in [0.05, 0.1) is 0 Å². The Morgan fingerprint density at radius 3 is 1.41 bits per heavy atom. The van der Waals surface area contributed by atoms with Crippen molar-refractivity contribution in [2.45, 2.75) is 78.8 Å². The third-order valence-corrected chi connectivity index (χ3v) is 10.6. The first-order valence-electron chi connectivity index (χ1n) is 9.77. The Hall–Kier alpha value is -0.350. The molecule has 0 aliphatic heterocycles. The number of unbranched alkanes of at least 4 members (excludes halogenated alkanes) is 3. The van der Waals surface area contributed by atoms with E-state index >= 15 is 0 Å². The van der Waals surface area contributed by atoms with E-state index in [1.54, 1.807) is 24.0 Å². The molecule has 0 amide bonds. The summed E-state index contributed by atoms with van der Waals surface area (Å²) in [6, 6.07) is 9.55. The van der Waals surface area contributed by atoms with Crippen molar-refractivity contribution >= 4 is 7.26 Å². The summed E-state index contributed by atoms with van der Waals surface area (Å²) in [5.41, 5.74) is 3.10. The van der Waals surface area contributed by atoms with Crippen LogP contribution in [0.5, 0.6) is 0 Å². The molecule has 0 saturated heterocycles. The molecule has 0 atom stereocenters. The molecular weight excluding hydrogens is 283 g/mol. The van der Waals surface area contributed by atoms with Crippen LogP contribution in [0.3, 0.4) is 0 Å². The molecule has 0 aliphatic rings. The van der Waals surface area contributed by atoms with Crippen LogP contribution in [0.15, 0.2) is 24.3 Å². The maximum atomic E-state index is 2.42. The summed E-state index contributed by atoms with van der Waals surface area (Å²) in [4.78, 5) is 0. The van der Waals surface area contributed by atoms with Crippen LogP contribution in [-0.2, 0) is 12.6 Å². The number of benzene rings is 1. The van der Waals surface area contributed by atoms with Gasteiger partial charge in [-0.3, -0.25) is 0 Å². The van der Waals surface area contributed by atoms with E-state index in [0.717, 1.165) is 6.42 Å². The van der Waals surface area contributed by atoms with E-state index in [-0.39, 0.29) is 0 Å². The molecule has 0 aliphatic carbocycles. The Balaban J connectivity index is 2.87. The third kappa shape index (κ3) is 6.82. The van der Waals surface area contributed by atoms with Crippen molar-refractivity contribution in [1.29, 1.82) is 0 Å². The molecule has 1 heteroatoms. The van der Waals surface area contributed by atoms with Crippen LogP contribution in [0, 0.1) is 0 Å². The molecule has 0 aromatic heterocycles. The van der Waals surface area contributed by atoms with Gasteiger partial charge in [0.15, 0.2) is 0 Å². The average Bonchev–Trinajstić information content (AvgIpc) is 2.56. The summed E-state index contributed by atoms with van der Waals surface area (Å²) in [5, 5.41) is 0. The zero-order chi connectivity index (χ0) is 16.3. The van der Waals surface area contributed by atoms with Crippen molar-refractivity contribution in [2.75, 3.05) is 18.5 Å². The van der Waals surface area contributed by atoms with E-state index in [1.165, 1.54) is 50.3 Å². The van der Waals surface area contributed by atoms with Gasteiger partial charge in [-0.05, 0) is 0 Å². The van der Waals surface area contributed by atoms with Crippen LogP contribution in [0.1, 0.15) is 77.3 Å². The summed E-state index contributed by atoms with van der Waals surface area (Å²) < 4.78 is 0. The fourth-order valence-corrected chi connectivity index (χ4v) is 9.31. The second kappa shape index (κ2) is 11.2. The van der Waals surface area contributed by atoms with Gasteiger partial charge in [0.1, 0.15) is 0 Å². The normalized spacial score (nSPS) is 12.5. The van der Waals surface area contributed by atoms with Gasteiger partial charge in [0.25, 0.3) is 0 Å². The SMILES string of the molecule is CCCC[PH](CCCC)(CCCC)Cc1ccc(CC)cc1. The second-order valence-corrected chi connectivity index (χ2v) is 12.0. The first-order chi connectivity index (χ1) is 10.7. The van der Waals surface area contributed by atoms with Crippen LogP contribution in [0.25, 0.3) is 0 Å². The summed E-state index contributed by atoms with van der Waals surface area (Å²) in [5.74, 6) is 0. The molecule has 128 valence electrons. The Labute approximate surface area is 140 Å². The fourth-order valence-electron chi connectivity index (χ4n) is 3.62. The van der Waals surface area contributed by atoms with Crippen molar-refractivity contribution in [1.82, 2.24) is 0 Å². The van der Waals surface area contributed by atoms with Gasteiger partial charge in [0, 0.05) is 0 Å². The second-order valence-electron chi connectivity index (χ2n) is 7.16. The predicted molar refractivity (Wildman–Crippen MR) is 107 cm³/mol. The number of rotatable bonds is 12. The van der Waals surface area contributed by atoms with Crippen LogP contribution in [-0.4, -0.2) is 18.5 Å². The summed E-state index contributed by atoms with van der Waals surface area (Å²) in [7, 11) is -1.13. The standard InChI is InChI=1S/C21H39P/c1-5-9-16-22(17-10-6-2,18-11-7-3)19-21-14-12-20(8-4)13-15-21/h12-15,22H,5-11,16-19H2,1-4H3. The van der Waals surface area contributed by atoms with Crippen molar-refractivity contribution in [3.8, 4) is 0 Å².